The second-order valence-electron chi connectivity index (χ2n) is 6.63. The Morgan fingerprint density at radius 2 is 1.83 bits per heavy atom. The van der Waals surface area contributed by atoms with Crippen LogP contribution in [0.4, 0.5) is 0 Å². The third-order valence-electron chi connectivity index (χ3n) is 4.79. The molecule has 1 amide bonds. The summed E-state index contributed by atoms with van der Waals surface area (Å²) in [5.41, 5.74) is 7.22. The molecule has 23 heavy (non-hydrogen) atoms. The Labute approximate surface area is 140 Å². The van der Waals surface area contributed by atoms with E-state index in [0.717, 1.165) is 25.1 Å². The highest BCUT2D eigenvalue weighted by Crippen LogP contribution is 2.19. The van der Waals surface area contributed by atoms with Gasteiger partial charge in [-0.2, -0.15) is 0 Å². The SMILES string of the molecule is CC(C(=O)NCCCN1CCCCCC1)C(N)c1ccccc1. The summed E-state index contributed by atoms with van der Waals surface area (Å²) in [5, 5.41) is 3.04. The first-order chi connectivity index (χ1) is 11.2. The van der Waals surface area contributed by atoms with Crippen LogP contribution in [-0.2, 0) is 4.79 Å². The van der Waals surface area contributed by atoms with Crippen LogP contribution in [0.2, 0.25) is 0 Å². The summed E-state index contributed by atoms with van der Waals surface area (Å²) in [6.45, 7) is 6.15. The highest BCUT2D eigenvalue weighted by Gasteiger charge is 2.21. The van der Waals surface area contributed by atoms with Gasteiger partial charge in [0.05, 0.1) is 5.92 Å². The summed E-state index contributed by atoms with van der Waals surface area (Å²) in [5.74, 6) is -0.159. The molecule has 0 aliphatic carbocycles. The monoisotopic (exact) mass is 317 g/mol. The third-order valence-corrected chi connectivity index (χ3v) is 4.79. The van der Waals surface area contributed by atoms with Gasteiger partial charge in [-0.1, -0.05) is 50.1 Å². The lowest BCUT2D eigenvalue weighted by Gasteiger charge is -2.21. The van der Waals surface area contributed by atoms with Crippen LogP contribution >= 0.6 is 0 Å². The molecule has 1 aliphatic rings. The number of benzene rings is 1. The Hall–Kier alpha value is -1.39. The zero-order chi connectivity index (χ0) is 16.5. The molecule has 1 saturated heterocycles. The molecule has 1 aliphatic heterocycles. The second kappa shape index (κ2) is 9.68. The Kier molecular flexibility index (Phi) is 7.56. The van der Waals surface area contributed by atoms with Gasteiger partial charge < -0.3 is 16.0 Å². The minimum atomic E-state index is -0.248. The van der Waals surface area contributed by atoms with E-state index in [4.69, 9.17) is 5.73 Å². The van der Waals surface area contributed by atoms with E-state index in [1.807, 2.05) is 37.3 Å². The standard InChI is InChI=1S/C19H31N3O/c1-16(18(20)17-10-5-4-6-11-17)19(23)21-12-9-15-22-13-7-2-3-8-14-22/h4-6,10-11,16,18H,2-3,7-9,12-15,20H2,1H3,(H,21,23). The van der Waals surface area contributed by atoms with Crippen molar-refractivity contribution in [3.8, 4) is 0 Å². The van der Waals surface area contributed by atoms with E-state index in [0.29, 0.717) is 0 Å². The predicted molar refractivity (Wildman–Crippen MR) is 95.1 cm³/mol. The largest absolute Gasteiger partial charge is 0.356 e. The molecular weight excluding hydrogens is 286 g/mol. The summed E-state index contributed by atoms with van der Waals surface area (Å²) in [4.78, 5) is 14.8. The van der Waals surface area contributed by atoms with Crippen molar-refractivity contribution in [2.45, 2.75) is 45.1 Å². The zero-order valence-corrected chi connectivity index (χ0v) is 14.3. The highest BCUT2D eigenvalue weighted by atomic mass is 16.1. The van der Waals surface area contributed by atoms with E-state index in [2.05, 4.69) is 10.2 Å². The number of amides is 1. The molecule has 1 aromatic rings. The van der Waals surface area contributed by atoms with Crippen molar-refractivity contribution in [3.05, 3.63) is 35.9 Å². The second-order valence-corrected chi connectivity index (χ2v) is 6.63. The number of hydrogen-bond donors (Lipinski definition) is 2. The molecule has 4 nitrogen and oxygen atoms in total. The fourth-order valence-electron chi connectivity index (χ4n) is 3.16. The van der Waals surface area contributed by atoms with Crippen LogP contribution in [0.3, 0.4) is 0 Å². The van der Waals surface area contributed by atoms with Crippen LogP contribution < -0.4 is 11.1 Å². The molecule has 2 unspecified atom stereocenters. The van der Waals surface area contributed by atoms with Crippen molar-refractivity contribution in [2.24, 2.45) is 11.7 Å². The van der Waals surface area contributed by atoms with Gasteiger partial charge in [0.25, 0.3) is 0 Å². The fraction of sp³-hybridized carbons (Fsp3) is 0.632. The average Bonchev–Trinajstić information content (AvgIpc) is 2.86. The molecular formula is C19H31N3O. The molecule has 0 saturated carbocycles. The number of rotatable bonds is 7. The van der Waals surface area contributed by atoms with Gasteiger partial charge >= 0.3 is 0 Å². The smallest absolute Gasteiger partial charge is 0.224 e. The van der Waals surface area contributed by atoms with Crippen LogP contribution in [-0.4, -0.2) is 37.0 Å². The van der Waals surface area contributed by atoms with Crippen molar-refractivity contribution < 1.29 is 4.79 Å². The van der Waals surface area contributed by atoms with Crippen LogP contribution in [0.15, 0.2) is 30.3 Å². The maximum absolute atomic E-state index is 12.3. The number of carbonyl (C=O) groups excluding carboxylic acids is 1. The molecule has 0 bridgehead atoms. The topological polar surface area (TPSA) is 58.4 Å². The molecule has 1 heterocycles. The molecule has 2 rings (SSSR count). The molecule has 128 valence electrons. The van der Waals surface area contributed by atoms with Crippen LogP contribution in [0.1, 0.15) is 50.6 Å². The summed E-state index contributed by atoms with van der Waals surface area (Å²) in [6.07, 6.45) is 6.37. The molecule has 0 radical (unpaired) electrons. The molecule has 2 atom stereocenters. The Balaban J connectivity index is 1.67. The van der Waals surface area contributed by atoms with Gasteiger partial charge in [-0.3, -0.25) is 4.79 Å². The normalized spacial score (nSPS) is 18.9. The van der Waals surface area contributed by atoms with E-state index in [1.165, 1.54) is 38.8 Å². The summed E-state index contributed by atoms with van der Waals surface area (Å²) in [6, 6.07) is 9.59. The zero-order valence-electron chi connectivity index (χ0n) is 14.3. The predicted octanol–water partition coefficient (Wildman–Crippen LogP) is 2.70. The first-order valence-corrected chi connectivity index (χ1v) is 8.99. The van der Waals surface area contributed by atoms with Gasteiger partial charge in [0.15, 0.2) is 0 Å². The van der Waals surface area contributed by atoms with E-state index < -0.39 is 0 Å². The van der Waals surface area contributed by atoms with Crippen molar-refractivity contribution in [3.63, 3.8) is 0 Å². The maximum Gasteiger partial charge on any atom is 0.224 e. The number of carbonyl (C=O) groups is 1. The number of nitrogens with one attached hydrogen (secondary N) is 1. The van der Waals surface area contributed by atoms with E-state index >= 15 is 0 Å². The number of nitrogens with zero attached hydrogens (tertiary/aromatic N) is 1. The Morgan fingerprint density at radius 3 is 2.48 bits per heavy atom. The van der Waals surface area contributed by atoms with Crippen molar-refractivity contribution in [1.82, 2.24) is 10.2 Å². The minimum absolute atomic E-state index is 0.0530. The summed E-state index contributed by atoms with van der Waals surface area (Å²) < 4.78 is 0. The molecule has 1 fully saturated rings. The molecule has 0 aromatic heterocycles. The van der Waals surface area contributed by atoms with Crippen LogP contribution in [0.5, 0.6) is 0 Å². The van der Waals surface area contributed by atoms with Crippen molar-refractivity contribution >= 4 is 5.91 Å². The van der Waals surface area contributed by atoms with Gasteiger partial charge in [0, 0.05) is 12.6 Å². The van der Waals surface area contributed by atoms with Gasteiger partial charge in [-0.15, -0.1) is 0 Å². The first kappa shape index (κ1) is 18.0. The lowest BCUT2D eigenvalue weighted by Crippen LogP contribution is -2.37. The quantitative estimate of drug-likeness (QED) is 0.760. The fourth-order valence-corrected chi connectivity index (χ4v) is 3.16. The summed E-state index contributed by atoms with van der Waals surface area (Å²) >= 11 is 0. The van der Waals surface area contributed by atoms with Crippen LogP contribution in [0, 0.1) is 5.92 Å². The Bertz CT molecular complexity index is 455. The van der Waals surface area contributed by atoms with Gasteiger partial charge in [-0.25, -0.2) is 0 Å². The average molecular weight is 317 g/mol. The molecule has 0 spiro atoms. The lowest BCUT2D eigenvalue weighted by atomic mass is 9.95. The van der Waals surface area contributed by atoms with E-state index in [9.17, 15) is 4.79 Å². The third kappa shape index (κ3) is 5.96. The highest BCUT2D eigenvalue weighted by molar-refractivity contribution is 5.79. The Morgan fingerprint density at radius 1 is 1.17 bits per heavy atom. The minimum Gasteiger partial charge on any atom is -0.356 e. The van der Waals surface area contributed by atoms with E-state index in [1.54, 1.807) is 0 Å². The van der Waals surface area contributed by atoms with Gasteiger partial charge in [0.2, 0.25) is 5.91 Å². The summed E-state index contributed by atoms with van der Waals surface area (Å²) in [7, 11) is 0. The number of hydrogen-bond acceptors (Lipinski definition) is 3. The van der Waals surface area contributed by atoms with E-state index in [-0.39, 0.29) is 17.9 Å². The van der Waals surface area contributed by atoms with Gasteiger partial charge in [0.1, 0.15) is 0 Å². The number of likely N-dealkylation sites (tertiary alicyclic amines) is 1. The maximum atomic E-state index is 12.3. The van der Waals surface area contributed by atoms with Gasteiger partial charge in [-0.05, 0) is 44.5 Å². The van der Waals surface area contributed by atoms with Crippen LogP contribution in [0.25, 0.3) is 0 Å². The first-order valence-electron chi connectivity index (χ1n) is 8.99. The van der Waals surface area contributed by atoms with Crippen molar-refractivity contribution in [1.29, 1.82) is 0 Å². The van der Waals surface area contributed by atoms with Crippen molar-refractivity contribution in [2.75, 3.05) is 26.2 Å². The lowest BCUT2D eigenvalue weighted by molar-refractivity contribution is -0.125. The molecule has 4 heteroatoms. The molecule has 1 aromatic carbocycles. The molecule has 3 N–H and O–H groups in total. The number of nitrogens with two attached hydrogens (primary N) is 1.